The summed E-state index contributed by atoms with van der Waals surface area (Å²) in [6, 6.07) is 18.0. The summed E-state index contributed by atoms with van der Waals surface area (Å²) in [4.78, 5) is 5.18. The molecule has 0 radical (unpaired) electrons. The van der Waals surface area contributed by atoms with E-state index in [1.165, 1.54) is 28.7 Å². The Bertz CT molecular complexity index is 1010. The van der Waals surface area contributed by atoms with Crippen molar-refractivity contribution in [3.63, 3.8) is 0 Å². The van der Waals surface area contributed by atoms with Gasteiger partial charge in [0.2, 0.25) is 0 Å². The minimum absolute atomic E-state index is 0. The maximum atomic E-state index is 5.18. The van der Waals surface area contributed by atoms with E-state index in [-0.39, 0.29) is 13.5 Å². The minimum Gasteiger partial charge on any atom is -0.356 e. The molecule has 0 bridgehead atoms. The Morgan fingerprint density at radius 2 is 1.97 bits per heavy atom. The number of aliphatic imine (C=N–C) groups is 1. The summed E-state index contributed by atoms with van der Waals surface area (Å²) in [5, 5.41) is 4.90. The van der Waals surface area contributed by atoms with E-state index in [2.05, 4.69) is 85.9 Å². The van der Waals surface area contributed by atoms with Crippen LogP contribution in [0.5, 0.6) is 0 Å². The van der Waals surface area contributed by atoms with Crippen molar-refractivity contribution in [2.24, 2.45) is 16.8 Å². The molecular weight excluding hydrogens is 384 g/mol. The Labute approximate surface area is 186 Å². The standard InChI is InChI=1S/C27H30N2S.H2/c1-18-12-13-23(19(2)14-18)17-30-27-28-25(20-8-4-3-5-9-20)26(29-27)22-11-7-6-10-21-15-24(21)16-22;/h3-6,8-10,12-14,16,21,24-26H,7,11,15,17H2,1-2H3,(H,28,29);1H/b10-6-,22-16+;/t21?,24?,25-,26+;/m1./s1. The Morgan fingerprint density at radius 3 is 2.80 bits per heavy atom. The average Bonchev–Trinajstić information content (AvgIpc) is 3.30. The van der Waals surface area contributed by atoms with E-state index in [1.807, 2.05) is 11.8 Å². The number of thioether (sulfide) groups is 1. The highest BCUT2D eigenvalue weighted by molar-refractivity contribution is 8.13. The largest absolute Gasteiger partial charge is 0.356 e. The molecule has 2 aliphatic carbocycles. The molecule has 3 aliphatic rings. The van der Waals surface area contributed by atoms with E-state index in [9.17, 15) is 0 Å². The van der Waals surface area contributed by atoms with Crippen LogP contribution >= 0.6 is 11.8 Å². The van der Waals surface area contributed by atoms with E-state index in [0.717, 1.165) is 35.6 Å². The number of nitrogens with one attached hydrogen (secondary N) is 1. The fourth-order valence-electron chi connectivity index (χ4n) is 4.68. The molecule has 0 amide bonds. The highest BCUT2D eigenvalue weighted by Crippen LogP contribution is 2.45. The van der Waals surface area contributed by atoms with E-state index in [1.54, 1.807) is 5.57 Å². The number of hydrogen-bond acceptors (Lipinski definition) is 3. The first kappa shape index (κ1) is 19.7. The molecule has 2 aromatic carbocycles. The third kappa shape index (κ3) is 4.27. The van der Waals surface area contributed by atoms with Crippen LogP contribution in [0.15, 0.2) is 77.3 Å². The van der Waals surface area contributed by atoms with Crippen LogP contribution in [0.4, 0.5) is 0 Å². The molecule has 1 fully saturated rings. The van der Waals surface area contributed by atoms with Gasteiger partial charge in [-0.2, -0.15) is 0 Å². The normalized spacial score (nSPS) is 30.2. The highest BCUT2D eigenvalue weighted by Gasteiger charge is 2.38. The third-order valence-corrected chi connectivity index (χ3v) is 7.51. The van der Waals surface area contributed by atoms with Crippen molar-refractivity contribution in [3.8, 4) is 0 Å². The number of benzene rings is 2. The first-order valence-corrected chi connectivity index (χ1v) is 12.1. The maximum Gasteiger partial charge on any atom is 0.158 e. The van der Waals surface area contributed by atoms with Gasteiger partial charge in [-0.05, 0) is 67.2 Å². The molecule has 0 spiro atoms. The summed E-state index contributed by atoms with van der Waals surface area (Å²) in [5.74, 6) is 2.47. The summed E-state index contributed by atoms with van der Waals surface area (Å²) in [7, 11) is 0. The lowest BCUT2D eigenvalue weighted by Gasteiger charge is -2.23. The fraction of sp³-hybridized carbons (Fsp3) is 0.370. The number of amidine groups is 1. The van der Waals surface area contributed by atoms with Gasteiger partial charge in [-0.25, -0.2) is 0 Å². The summed E-state index contributed by atoms with van der Waals surface area (Å²) in [6.07, 6.45) is 11.0. The number of rotatable bonds is 4. The van der Waals surface area contributed by atoms with Gasteiger partial charge < -0.3 is 5.32 Å². The van der Waals surface area contributed by atoms with Crippen LogP contribution in [0.25, 0.3) is 0 Å². The van der Waals surface area contributed by atoms with Crippen LogP contribution in [-0.2, 0) is 5.75 Å². The minimum atomic E-state index is 0. The first-order chi connectivity index (χ1) is 14.7. The molecule has 0 saturated heterocycles. The van der Waals surface area contributed by atoms with Gasteiger partial charge in [0.05, 0.1) is 6.04 Å². The molecule has 2 unspecified atom stereocenters. The number of nitrogens with zero attached hydrogens (tertiary/aromatic N) is 1. The lowest BCUT2D eigenvalue weighted by Crippen LogP contribution is -2.32. The van der Waals surface area contributed by atoms with Gasteiger partial charge in [0, 0.05) is 7.18 Å². The molecule has 1 heterocycles. The summed E-state index contributed by atoms with van der Waals surface area (Å²) in [6.45, 7) is 4.37. The summed E-state index contributed by atoms with van der Waals surface area (Å²) in [5.41, 5.74) is 6.94. The molecule has 4 atom stereocenters. The molecule has 1 saturated carbocycles. The van der Waals surface area contributed by atoms with Crippen LogP contribution in [0.3, 0.4) is 0 Å². The van der Waals surface area contributed by atoms with Crippen molar-refractivity contribution in [2.75, 3.05) is 0 Å². The second-order valence-corrected chi connectivity index (χ2v) is 9.87. The van der Waals surface area contributed by atoms with Gasteiger partial charge in [-0.3, -0.25) is 4.99 Å². The van der Waals surface area contributed by atoms with Crippen molar-refractivity contribution in [3.05, 3.63) is 94.6 Å². The Hall–Kier alpha value is -2.26. The molecule has 2 aromatic rings. The second-order valence-electron chi connectivity index (χ2n) is 8.90. The van der Waals surface area contributed by atoms with Crippen molar-refractivity contribution >= 4 is 16.9 Å². The lowest BCUT2D eigenvalue weighted by atomic mass is 9.90. The monoisotopic (exact) mass is 416 g/mol. The van der Waals surface area contributed by atoms with Crippen molar-refractivity contribution in [1.29, 1.82) is 0 Å². The van der Waals surface area contributed by atoms with Crippen LogP contribution in [0.2, 0.25) is 0 Å². The van der Waals surface area contributed by atoms with Gasteiger partial charge in [0.15, 0.2) is 5.17 Å². The van der Waals surface area contributed by atoms with Gasteiger partial charge in [0.25, 0.3) is 0 Å². The zero-order chi connectivity index (χ0) is 20.5. The van der Waals surface area contributed by atoms with E-state index in [4.69, 9.17) is 4.99 Å². The highest BCUT2D eigenvalue weighted by atomic mass is 32.2. The Balaban J connectivity index is 0.00000231. The molecule has 1 aliphatic heterocycles. The molecular formula is C27H32N2S. The van der Waals surface area contributed by atoms with Crippen molar-refractivity contribution in [2.45, 2.75) is 50.9 Å². The number of fused-ring (bicyclic) bond motifs is 1. The topological polar surface area (TPSA) is 24.4 Å². The molecule has 5 rings (SSSR count). The van der Waals surface area contributed by atoms with Crippen LogP contribution in [0.1, 0.15) is 49.0 Å². The smallest absolute Gasteiger partial charge is 0.158 e. The number of hydrogen-bond donors (Lipinski definition) is 1. The quantitative estimate of drug-likeness (QED) is 0.557. The Kier molecular flexibility index (Phi) is 5.56. The van der Waals surface area contributed by atoms with Gasteiger partial charge in [-0.15, -0.1) is 0 Å². The van der Waals surface area contributed by atoms with Crippen molar-refractivity contribution in [1.82, 2.24) is 5.32 Å². The SMILES string of the molecule is Cc1ccc(CSC2=N[C@H](c3ccccc3)[C@H](/C3=C/C4CC4/C=C\CC3)N2)c(C)c1.[HH]. The van der Waals surface area contributed by atoms with E-state index >= 15 is 0 Å². The molecule has 0 aromatic heterocycles. The van der Waals surface area contributed by atoms with E-state index < -0.39 is 0 Å². The molecule has 30 heavy (non-hydrogen) atoms. The predicted octanol–water partition coefficient (Wildman–Crippen LogP) is 6.76. The lowest BCUT2D eigenvalue weighted by molar-refractivity contribution is 0.585. The predicted molar refractivity (Wildman–Crippen MR) is 131 cm³/mol. The fourth-order valence-corrected chi connectivity index (χ4v) is 5.70. The van der Waals surface area contributed by atoms with Crippen LogP contribution < -0.4 is 5.32 Å². The number of allylic oxidation sites excluding steroid dienone is 3. The van der Waals surface area contributed by atoms with Gasteiger partial charge in [-0.1, -0.05) is 84.1 Å². The summed E-state index contributed by atoms with van der Waals surface area (Å²) >= 11 is 1.84. The Morgan fingerprint density at radius 1 is 1.10 bits per heavy atom. The molecule has 156 valence electrons. The molecule has 2 nitrogen and oxygen atoms in total. The van der Waals surface area contributed by atoms with Crippen LogP contribution in [0, 0.1) is 25.7 Å². The second kappa shape index (κ2) is 8.47. The van der Waals surface area contributed by atoms with Gasteiger partial charge in [0.1, 0.15) is 6.04 Å². The van der Waals surface area contributed by atoms with Gasteiger partial charge >= 0.3 is 0 Å². The third-order valence-electron chi connectivity index (χ3n) is 6.56. The first-order valence-electron chi connectivity index (χ1n) is 11.1. The molecule has 1 N–H and O–H groups in total. The van der Waals surface area contributed by atoms with Crippen LogP contribution in [-0.4, -0.2) is 11.2 Å². The maximum absolute atomic E-state index is 5.18. The number of aryl methyl sites for hydroxylation is 2. The van der Waals surface area contributed by atoms with Crippen molar-refractivity contribution < 1.29 is 1.43 Å². The molecule has 3 heteroatoms. The average molecular weight is 417 g/mol. The van der Waals surface area contributed by atoms with E-state index in [0.29, 0.717) is 0 Å². The zero-order valence-corrected chi connectivity index (χ0v) is 18.7. The summed E-state index contributed by atoms with van der Waals surface area (Å²) < 4.78 is 0. The zero-order valence-electron chi connectivity index (χ0n) is 17.8.